The summed E-state index contributed by atoms with van der Waals surface area (Å²) in [5.74, 6) is 0.463. The largest absolute Gasteiger partial charge is 0.387 e. The van der Waals surface area contributed by atoms with E-state index in [4.69, 9.17) is 0 Å². The van der Waals surface area contributed by atoms with Gasteiger partial charge in [-0.3, -0.25) is 23.6 Å². The molecule has 4 aromatic heterocycles. The molecule has 0 bridgehead atoms. The minimum Gasteiger partial charge on any atom is -0.387 e. The van der Waals surface area contributed by atoms with Crippen molar-refractivity contribution in [2.75, 3.05) is 12.0 Å². The van der Waals surface area contributed by atoms with Crippen LogP contribution in [-0.4, -0.2) is 70.3 Å². The minimum absolute atomic E-state index is 0.147. The Morgan fingerprint density at radius 3 is 2.67 bits per heavy atom. The summed E-state index contributed by atoms with van der Waals surface area (Å²) in [5, 5.41) is 18.7. The quantitative estimate of drug-likeness (QED) is 0.253. The van der Waals surface area contributed by atoms with Crippen molar-refractivity contribution in [1.82, 2.24) is 34.6 Å². The van der Waals surface area contributed by atoms with Crippen LogP contribution < -0.4 is 5.32 Å². The van der Waals surface area contributed by atoms with Gasteiger partial charge in [0.05, 0.1) is 35.9 Å². The summed E-state index contributed by atoms with van der Waals surface area (Å²) in [6.07, 6.45) is 6.29. The lowest BCUT2D eigenvalue weighted by atomic mass is 9.94. The SMILES string of the molecule is Cc1ncc(-c2cc3c(C(C)O)nn(CC(=O)N4[C@H](C(=O)Nc5nc(Br)ccc5C)C[C@@]5(CCCF)C[C@@H]45)c3cn2)cn1. The van der Waals surface area contributed by atoms with Crippen LogP contribution in [0.5, 0.6) is 0 Å². The van der Waals surface area contributed by atoms with Crippen molar-refractivity contribution >= 4 is 44.5 Å². The minimum atomic E-state index is -0.897. The number of hydrogen-bond donors (Lipinski definition) is 2. The summed E-state index contributed by atoms with van der Waals surface area (Å²) in [4.78, 5) is 46.7. The third-order valence-corrected chi connectivity index (χ3v) is 8.99. The van der Waals surface area contributed by atoms with Gasteiger partial charge in [-0.1, -0.05) is 6.07 Å². The number of hydrogen-bond acceptors (Lipinski definition) is 8. The summed E-state index contributed by atoms with van der Waals surface area (Å²) >= 11 is 3.35. The molecule has 43 heavy (non-hydrogen) atoms. The van der Waals surface area contributed by atoms with E-state index in [1.807, 2.05) is 19.1 Å². The van der Waals surface area contributed by atoms with Crippen molar-refractivity contribution in [3.05, 3.63) is 58.5 Å². The van der Waals surface area contributed by atoms with Gasteiger partial charge in [-0.05, 0) is 85.5 Å². The third kappa shape index (κ3) is 5.51. The number of aromatic nitrogens is 6. The zero-order valence-electron chi connectivity index (χ0n) is 24.1. The Bertz CT molecular complexity index is 1710. The highest BCUT2D eigenvalue weighted by Crippen LogP contribution is 2.62. The molecule has 2 N–H and O–H groups in total. The van der Waals surface area contributed by atoms with Gasteiger partial charge in [0, 0.05) is 29.4 Å². The first-order valence-corrected chi connectivity index (χ1v) is 15.0. The van der Waals surface area contributed by atoms with Crippen LogP contribution in [-0.2, 0) is 16.1 Å². The molecule has 1 saturated heterocycles. The van der Waals surface area contributed by atoms with E-state index in [1.54, 1.807) is 43.4 Å². The van der Waals surface area contributed by atoms with E-state index in [2.05, 4.69) is 46.3 Å². The number of pyridine rings is 2. The Morgan fingerprint density at radius 1 is 1.19 bits per heavy atom. The topological polar surface area (TPSA) is 139 Å². The second-order valence-electron chi connectivity index (χ2n) is 11.5. The summed E-state index contributed by atoms with van der Waals surface area (Å²) in [6.45, 7) is 4.68. The summed E-state index contributed by atoms with van der Waals surface area (Å²) in [7, 11) is 0. The van der Waals surface area contributed by atoms with Gasteiger partial charge in [-0.2, -0.15) is 5.10 Å². The van der Waals surface area contributed by atoms with Gasteiger partial charge in [0.1, 0.15) is 28.8 Å². The Labute approximate surface area is 256 Å². The van der Waals surface area contributed by atoms with Crippen LogP contribution in [0.15, 0.2) is 41.4 Å². The highest BCUT2D eigenvalue weighted by Gasteiger charge is 2.66. The molecule has 1 aliphatic heterocycles. The van der Waals surface area contributed by atoms with Gasteiger partial charge in [0.15, 0.2) is 0 Å². The molecule has 0 aromatic carbocycles. The number of aryl methyl sites for hydroxylation is 2. The van der Waals surface area contributed by atoms with Gasteiger partial charge in [-0.25, -0.2) is 15.0 Å². The van der Waals surface area contributed by atoms with Crippen LogP contribution in [0.2, 0.25) is 0 Å². The van der Waals surface area contributed by atoms with Crippen molar-refractivity contribution in [2.45, 2.75) is 71.2 Å². The van der Waals surface area contributed by atoms with Crippen molar-refractivity contribution < 1.29 is 19.1 Å². The summed E-state index contributed by atoms with van der Waals surface area (Å²) in [6, 6.07) is 4.57. The zero-order valence-corrected chi connectivity index (χ0v) is 25.7. The van der Waals surface area contributed by atoms with Crippen LogP contribution in [0, 0.1) is 19.3 Å². The van der Waals surface area contributed by atoms with Crippen molar-refractivity contribution in [3.63, 3.8) is 0 Å². The van der Waals surface area contributed by atoms with Crippen LogP contribution in [0.25, 0.3) is 22.2 Å². The average molecular weight is 652 g/mol. The number of piperidine rings is 1. The first kappa shape index (κ1) is 29.2. The molecular formula is C30H32BrFN8O3. The smallest absolute Gasteiger partial charge is 0.248 e. The monoisotopic (exact) mass is 650 g/mol. The lowest BCUT2D eigenvalue weighted by Crippen LogP contribution is -2.47. The molecule has 13 heteroatoms. The van der Waals surface area contributed by atoms with E-state index >= 15 is 0 Å². The van der Waals surface area contributed by atoms with Crippen molar-refractivity contribution in [1.29, 1.82) is 0 Å². The van der Waals surface area contributed by atoms with E-state index in [-0.39, 0.29) is 29.8 Å². The molecule has 1 aliphatic carbocycles. The molecule has 4 aromatic rings. The Kier molecular flexibility index (Phi) is 7.71. The molecule has 224 valence electrons. The molecule has 2 fully saturated rings. The van der Waals surface area contributed by atoms with Crippen LogP contribution in [0.4, 0.5) is 10.2 Å². The third-order valence-electron chi connectivity index (χ3n) is 8.54. The molecule has 1 saturated carbocycles. The first-order valence-electron chi connectivity index (χ1n) is 14.2. The maximum absolute atomic E-state index is 14.0. The Morgan fingerprint density at radius 2 is 1.95 bits per heavy atom. The highest BCUT2D eigenvalue weighted by atomic mass is 79.9. The number of alkyl halides is 1. The molecule has 0 spiro atoms. The second-order valence-corrected chi connectivity index (χ2v) is 12.3. The number of halogens is 2. The van der Waals surface area contributed by atoms with E-state index in [1.165, 1.54) is 4.68 Å². The number of aliphatic hydroxyl groups is 1. The molecule has 5 heterocycles. The molecule has 2 amide bonds. The summed E-state index contributed by atoms with van der Waals surface area (Å²) < 4.78 is 15.3. The number of rotatable bonds is 9. The number of fused-ring (bicyclic) bond motifs is 2. The number of nitrogens with one attached hydrogen (secondary N) is 1. The molecule has 4 atom stereocenters. The molecule has 1 unspecified atom stereocenters. The van der Waals surface area contributed by atoms with Crippen LogP contribution in [0.1, 0.15) is 55.8 Å². The number of amides is 2. The maximum Gasteiger partial charge on any atom is 0.248 e. The predicted octanol–water partition coefficient (Wildman–Crippen LogP) is 4.46. The number of anilines is 1. The lowest BCUT2D eigenvalue weighted by Gasteiger charge is -2.27. The van der Waals surface area contributed by atoms with Crippen molar-refractivity contribution in [3.8, 4) is 11.3 Å². The van der Waals surface area contributed by atoms with Gasteiger partial charge < -0.3 is 15.3 Å². The van der Waals surface area contributed by atoms with Crippen LogP contribution in [0.3, 0.4) is 0 Å². The fraction of sp³-hybridized carbons (Fsp3) is 0.433. The summed E-state index contributed by atoms with van der Waals surface area (Å²) in [5.41, 5.74) is 2.84. The number of aliphatic hydroxyl groups excluding tert-OH is 1. The van der Waals surface area contributed by atoms with E-state index in [0.717, 1.165) is 12.0 Å². The fourth-order valence-corrected chi connectivity index (χ4v) is 6.56. The number of nitrogens with zero attached hydrogens (tertiary/aromatic N) is 7. The molecule has 11 nitrogen and oxygen atoms in total. The molecule has 2 aliphatic rings. The van der Waals surface area contributed by atoms with Gasteiger partial charge in [-0.15, -0.1) is 0 Å². The first-order chi connectivity index (χ1) is 20.6. The fourth-order valence-electron chi connectivity index (χ4n) is 6.25. The standard InChI is InChI=1S/C30H32BrFN8O3/c1-16-5-6-25(31)36-28(16)37-29(43)22-10-30(7-4-8-32)11-24(30)40(22)26(42)15-39-23-14-35-21(19-12-33-18(3)34-13-19)9-20(23)27(38-39)17(2)41/h5-6,9,12-14,17,22,24,41H,4,7-8,10-11,15H2,1-3H3,(H,36,37,43)/t17?,22-,24+,30-/m0/s1. The van der Waals surface area contributed by atoms with Crippen molar-refractivity contribution in [2.24, 2.45) is 5.41 Å². The Balaban J connectivity index is 1.30. The van der Waals surface area contributed by atoms with E-state index < -0.39 is 18.8 Å². The second kappa shape index (κ2) is 11.3. The zero-order chi connectivity index (χ0) is 30.5. The average Bonchev–Trinajstić information content (AvgIpc) is 3.40. The molecule has 6 rings (SSSR count). The highest BCUT2D eigenvalue weighted by molar-refractivity contribution is 9.10. The number of carbonyl (C=O) groups is 2. The molecular weight excluding hydrogens is 619 g/mol. The molecule has 0 radical (unpaired) electrons. The lowest BCUT2D eigenvalue weighted by molar-refractivity contribution is -0.138. The predicted molar refractivity (Wildman–Crippen MR) is 161 cm³/mol. The Hall–Kier alpha value is -3.84. The number of carbonyl (C=O) groups excluding carboxylic acids is 2. The normalized spacial score (nSPS) is 21.6. The van der Waals surface area contributed by atoms with Gasteiger partial charge in [0.25, 0.3) is 0 Å². The van der Waals surface area contributed by atoms with Crippen LogP contribution >= 0.6 is 15.9 Å². The van der Waals surface area contributed by atoms with E-state index in [9.17, 15) is 19.1 Å². The van der Waals surface area contributed by atoms with E-state index in [0.29, 0.717) is 63.4 Å². The maximum atomic E-state index is 14.0. The van der Waals surface area contributed by atoms with Gasteiger partial charge in [0.2, 0.25) is 11.8 Å². The van der Waals surface area contributed by atoms with Gasteiger partial charge >= 0.3 is 0 Å². The number of likely N-dealkylation sites (tertiary alicyclic amines) is 1.